The number of hydrogen-bond donors (Lipinski definition) is 2. The van der Waals surface area contributed by atoms with Crippen LogP contribution in [0.25, 0.3) is 0 Å². The summed E-state index contributed by atoms with van der Waals surface area (Å²) in [5, 5.41) is 9.90. The standard InChI is InChI=1S/C17H22F3N9O.HI/c1-21-16(24-6-5-23-15-22-4-3-13(26-15)17(18,19)20)28-7-8-29(14(30)11-28)12-9-25-27(2)10-12;/h3-4,9-10H,5-8,11H2,1-2H3,(H,21,24)(H,22,23,26);1H. The van der Waals surface area contributed by atoms with Crippen molar-refractivity contribution >= 4 is 47.5 Å². The Kier molecular flexibility index (Phi) is 8.41. The van der Waals surface area contributed by atoms with Gasteiger partial charge in [0.15, 0.2) is 5.96 Å². The second kappa shape index (κ2) is 10.6. The molecule has 0 atom stereocenters. The van der Waals surface area contributed by atoms with Crippen LogP contribution in [0.5, 0.6) is 0 Å². The normalized spacial score (nSPS) is 15.0. The SMILES string of the molecule is CN=C(NCCNc1nccc(C(F)(F)F)n1)N1CCN(c2cnn(C)c2)C(=O)C1.I. The zero-order valence-corrected chi connectivity index (χ0v) is 19.3. The van der Waals surface area contributed by atoms with E-state index in [9.17, 15) is 18.0 Å². The van der Waals surface area contributed by atoms with Crippen molar-refractivity contribution in [3.05, 3.63) is 30.4 Å². The number of aromatic nitrogens is 4. The molecule has 170 valence electrons. The van der Waals surface area contributed by atoms with Gasteiger partial charge in [0.1, 0.15) is 12.2 Å². The lowest BCUT2D eigenvalue weighted by molar-refractivity contribution is -0.141. The molecule has 2 aromatic heterocycles. The summed E-state index contributed by atoms with van der Waals surface area (Å²) >= 11 is 0. The van der Waals surface area contributed by atoms with Gasteiger partial charge in [-0.05, 0) is 6.07 Å². The molecule has 10 nitrogen and oxygen atoms in total. The molecule has 0 aromatic carbocycles. The minimum atomic E-state index is -4.52. The number of aliphatic imine (C=N–C) groups is 1. The van der Waals surface area contributed by atoms with Crippen molar-refractivity contribution in [1.29, 1.82) is 0 Å². The van der Waals surface area contributed by atoms with Gasteiger partial charge in [0.25, 0.3) is 0 Å². The van der Waals surface area contributed by atoms with Gasteiger partial charge in [0.2, 0.25) is 11.9 Å². The average molecular weight is 553 g/mol. The van der Waals surface area contributed by atoms with Crippen LogP contribution in [0.1, 0.15) is 5.69 Å². The van der Waals surface area contributed by atoms with E-state index in [1.807, 2.05) is 4.90 Å². The van der Waals surface area contributed by atoms with E-state index in [0.717, 1.165) is 18.0 Å². The maximum atomic E-state index is 12.7. The van der Waals surface area contributed by atoms with Crippen LogP contribution >= 0.6 is 24.0 Å². The summed E-state index contributed by atoms with van der Waals surface area (Å²) in [7, 11) is 3.39. The molecule has 31 heavy (non-hydrogen) atoms. The highest BCUT2D eigenvalue weighted by Gasteiger charge is 2.32. The Balaban J connectivity index is 0.00000341. The monoisotopic (exact) mass is 553 g/mol. The van der Waals surface area contributed by atoms with Crippen LogP contribution in [0, 0.1) is 0 Å². The first kappa shape index (κ1) is 24.6. The number of amides is 1. The molecule has 1 aliphatic rings. The third-order valence-electron chi connectivity index (χ3n) is 4.37. The Bertz CT molecular complexity index is 918. The van der Waals surface area contributed by atoms with Gasteiger partial charge in [-0.3, -0.25) is 14.5 Å². The topological polar surface area (TPSA) is 104 Å². The molecule has 2 N–H and O–H groups in total. The summed E-state index contributed by atoms with van der Waals surface area (Å²) in [5.41, 5.74) is -0.260. The smallest absolute Gasteiger partial charge is 0.354 e. The Hall–Kier alpha value is -2.65. The number of anilines is 2. The van der Waals surface area contributed by atoms with Crippen LogP contribution in [0.3, 0.4) is 0 Å². The van der Waals surface area contributed by atoms with E-state index in [4.69, 9.17) is 0 Å². The molecule has 2 aromatic rings. The first-order valence-electron chi connectivity index (χ1n) is 9.16. The molecule has 3 rings (SSSR count). The fourth-order valence-corrected chi connectivity index (χ4v) is 2.96. The van der Waals surface area contributed by atoms with Gasteiger partial charge in [-0.15, -0.1) is 24.0 Å². The summed E-state index contributed by atoms with van der Waals surface area (Å²) in [5.74, 6) is 0.343. The molecular formula is C17H23F3IN9O. The molecule has 1 fully saturated rings. The lowest BCUT2D eigenvalue weighted by Crippen LogP contribution is -2.55. The maximum absolute atomic E-state index is 12.7. The third-order valence-corrected chi connectivity index (χ3v) is 4.37. The highest BCUT2D eigenvalue weighted by atomic mass is 127. The number of nitrogens with one attached hydrogen (secondary N) is 2. The molecule has 1 aliphatic heterocycles. The van der Waals surface area contributed by atoms with E-state index in [1.54, 1.807) is 36.1 Å². The molecule has 1 amide bonds. The molecule has 1 saturated heterocycles. The van der Waals surface area contributed by atoms with Gasteiger partial charge >= 0.3 is 6.18 Å². The molecule has 0 bridgehead atoms. The molecule has 0 aliphatic carbocycles. The predicted octanol–water partition coefficient (Wildman–Crippen LogP) is 1.18. The van der Waals surface area contributed by atoms with Crippen molar-refractivity contribution < 1.29 is 18.0 Å². The first-order valence-corrected chi connectivity index (χ1v) is 9.16. The van der Waals surface area contributed by atoms with Gasteiger partial charge in [-0.2, -0.15) is 18.3 Å². The van der Waals surface area contributed by atoms with E-state index in [-0.39, 0.29) is 48.9 Å². The minimum absolute atomic E-state index is 0. The molecule has 0 saturated carbocycles. The van der Waals surface area contributed by atoms with Crippen LogP contribution in [-0.2, 0) is 18.0 Å². The van der Waals surface area contributed by atoms with Crippen molar-refractivity contribution in [3.8, 4) is 0 Å². The molecule has 0 unspecified atom stereocenters. The Morgan fingerprint density at radius 3 is 2.68 bits per heavy atom. The number of alkyl halides is 3. The number of aryl methyl sites for hydroxylation is 1. The highest BCUT2D eigenvalue weighted by Crippen LogP contribution is 2.27. The zero-order chi connectivity index (χ0) is 21.7. The lowest BCUT2D eigenvalue weighted by Gasteiger charge is -2.35. The first-order chi connectivity index (χ1) is 14.3. The number of piperazine rings is 1. The van der Waals surface area contributed by atoms with Gasteiger partial charge < -0.3 is 20.4 Å². The molecule has 14 heteroatoms. The number of rotatable bonds is 5. The van der Waals surface area contributed by atoms with Crippen molar-refractivity contribution in [2.45, 2.75) is 6.18 Å². The maximum Gasteiger partial charge on any atom is 0.433 e. The Morgan fingerprint density at radius 2 is 2.06 bits per heavy atom. The molecule has 0 spiro atoms. The summed E-state index contributed by atoms with van der Waals surface area (Å²) < 4.78 is 39.7. The highest BCUT2D eigenvalue weighted by molar-refractivity contribution is 14.0. The summed E-state index contributed by atoms with van der Waals surface area (Å²) in [6, 6.07) is 0.813. The molecular weight excluding hydrogens is 530 g/mol. The van der Waals surface area contributed by atoms with Gasteiger partial charge in [0.05, 0.1) is 11.9 Å². The number of guanidine groups is 1. The number of halogens is 4. The number of nitrogens with zero attached hydrogens (tertiary/aromatic N) is 7. The third kappa shape index (κ3) is 6.41. The van der Waals surface area contributed by atoms with Gasteiger partial charge in [0, 0.05) is 52.7 Å². The minimum Gasteiger partial charge on any atom is -0.354 e. The predicted molar refractivity (Wildman–Crippen MR) is 119 cm³/mol. The molecule has 3 heterocycles. The zero-order valence-electron chi connectivity index (χ0n) is 16.9. The second-order valence-electron chi connectivity index (χ2n) is 6.50. The van der Waals surface area contributed by atoms with Crippen LogP contribution in [0.15, 0.2) is 29.6 Å². The second-order valence-corrected chi connectivity index (χ2v) is 6.50. The Labute approximate surface area is 193 Å². The fourth-order valence-electron chi connectivity index (χ4n) is 2.96. The summed E-state index contributed by atoms with van der Waals surface area (Å²) in [4.78, 5) is 27.4. The van der Waals surface area contributed by atoms with Crippen LogP contribution in [-0.4, -0.2) is 76.3 Å². The van der Waals surface area contributed by atoms with Crippen molar-refractivity contribution in [3.63, 3.8) is 0 Å². The quantitative estimate of drug-likeness (QED) is 0.248. The van der Waals surface area contributed by atoms with Crippen LogP contribution < -0.4 is 15.5 Å². The number of hydrogen-bond acceptors (Lipinski definition) is 6. The largest absolute Gasteiger partial charge is 0.433 e. The number of carbonyl (C=O) groups excluding carboxylic acids is 1. The van der Waals surface area contributed by atoms with Crippen LogP contribution in [0.2, 0.25) is 0 Å². The van der Waals surface area contributed by atoms with Crippen molar-refractivity contribution in [2.75, 3.05) is 50.0 Å². The summed E-state index contributed by atoms with van der Waals surface area (Å²) in [6.45, 7) is 1.83. The Morgan fingerprint density at radius 1 is 1.29 bits per heavy atom. The van der Waals surface area contributed by atoms with Gasteiger partial charge in [-0.1, -0.05) is 0 Å². The van der Waals surface area contributed by atoms with E-state index in [2.05, 4.69) is 30.7 Å². The van der Waals surface area contributed by atoms with E-state index < -0.39 is 11.9 Å². The van der Waals surface area contributed by atoms with E-state index >= 15 is 0 Å². The average Bonchev–Trinajstić information content (AvgIpc) is 3.13. The van der Waals surface area contributed by atoms with E-state index in [0.29, 0.717) is 25.6 Å². The van der Waals surface area contributed by atoms with Crippen molar-refractivity contribution in [2.24, 2.45) is 12.0 Å². The number of carbonyl (C=O) groups is 1. The van der Waals surface area contributed by atoms with Gasteiger partial charge in [-0.25, -0.2) is 9.97 Å². The fraction of sp³-hybridized carbons (Fsp3) is 0.471. The van der Waals surface area contributed by atoms with Crippen molar-refractivity contribution in [1.82, 2.24) is 30.0 Å². The van der Waals surface area contributed by atoms with Crippen LogP contribution in [0.4, 0.5) is 24.8 Å². The lowest BCUT2D eigenvalue weighted by atomic mass is 10.3. The van der Waals surface area contributed by atoms with E-state index in [1.165, 1.54) is 0 Å². The summed E-state index contributed by atoms with van der Waals surface area (Å²) in [6.07, 6.45) is -0.0493. The molecule has 0 radical (unpaired) electrons.